The van der Waals surface area contributed by atoms with Crippen LogP contribution in [0.25, 0.3) is 0 Å². The first kappa shape index (κ1) is 8.26. The van der Waals surface area contributed by atoms with Gasteiger partial charge < -0.3 is 5.73 Å². The zero-order valence-electron chi connectivity index (χ0n) is 7.45. The molecule has 1 aliphatic heterocycles. The standard InChI is InChI=1S/C10H12N2O/c1-6-2-4-7(5-3-6)8-9(12-8)10(11)13/h2-5,8-9,12H,1H3,(H2,11,13)/t8-,9-/m1/s1. The lowest BCUT2D eigenvalue weighted by Gasteiger charge is -1.97. The molecule has 1 amide bonds. The van der Waals surface area contributed by atoms with Gasteiger partial charge in [-0.15, -0.1) is 0 Å². The molecule has 0 unspecified atom stereocenters. The quantitative estimate of drug-likeness (QED) is 0.644. The van der Waals surface area contributed by atoms with Crippen LogP contribution in [0.15, 0.2) is 24.3 Å². The zero-order valence-corrected chi connectivity index (χ0v) is 7.45. The molecular formula is C10H12N2O. The Balaban J connectivity index is 2.12. The third-order valence-corrected chi connectivity index (χ3v) is 2.33. The fourth-order valence-corrected chi connectivity index (χ4v) is 1.45. The van der Waals surface area contributed by atoms with Crippen LogP contribution in [0.5, 0.6) is 0 Å². The van der Waals surface area contributed by atoms with E-state index in [1.807, 2.05) is 31.2 Å². The highest BCUT2D eigenvalue weighted by molar-refractivity contribution is 5.84. The van der Waals surface area contributed by atoms with Gasteiger partial charge in [-0.05, 0) is 12.5 Å². The number of carbonyl (C=O) groups excluding carboxylic acids is 1. The van der Waals surface area contributed by atoms with E-state index in [2.05, 4.69) is 5.32 Å². The highest BCUT2D eigenvalue weighted by Gasteiger charge is 2.41. The number of carbonyl (C=O) groups is 1. The topological polar surface area (TPSA) is 65.0 Å². The number of aryl methyl sites for hydroxylation is 1. The van der Waals surface area contributed by atoms with E-state index in [9.17, 15) is 4.79 Å². The van der Waals surface area contributed by atoms with E-state index in [0.29, 0.717) is 0 Å². The molecule has 0 saturated carbocycles. The van der Waals surface area contributed by atoms with Gasteiger partial charge in [-0.3, -0.25) is 10.1 Å². The molecular weight excluding hydrogens is 164 g/mol. The Morgan fingerprint density at radius 3 is 2.46 bits per heavy atom. The molecule has 0 aromatic heterocycles. The van der Waals surface area contributed by atoms with Crippen molar-refractivity contribution in [3.05, 3.63) is 35.4 Å². The number of hydrogen-bond donors (Lipinski definition) is 2. The van der Waals surface area contributed by atoms with Crippen molar-refractivity contribution in [2.75, 3.05) is 0 Å². The zero-order chi connectivity index (χ0) is 9.42. The number of rotatable bonds is 2. The first-order chi connectivity index (χ1) is 6.18. The van der Waals surface area contributed by atoms with Gasteiger partial charge in [0, 0.05) is 0 Å². The van der Waals surface area contributed by atoms with Crippen LogP contribution in [0, 0.1) is 6.92 Å². The van der Waals surface area contributed by atoms with Gasteiger partial charge in [0.1, 0.15) is 6.04 Å². The number of hydrogen-bond acceptors (Lipinski definition) is 2. The summed E-state index contributed by atoms with van der Waals surface area (Å²) in [7, 11) is 0. The molecule has 3 heteroatoms. The maximum absolute atomic E-state index is 10.8. The van der Waals surface area contributed by atoms with Gasteiger partial charge in [0.2, 0.25) is 5.91 Å². The minimum absolute atomic E-state index is 0.137. The Hall–Kier alpha value is -1.35. The van der Waals surface area contributed by atoms with Crippen molar-refractivity contribution < 1.29 is 4.79 Å². The Morgan fingerprint density at radius 2 is 2.00 bits per heavy atom. The minimum Gasteiger partial charge on any atom is -0.368 e. The van der Waals surface area contributed by atoms with Gasteiger partial charge in [-0.2, -0.15) is 0 Å². The smallest absolute Gasteiger partial charge is 0.236 e. The molecule has 0 radical (unpaired) electrons. The van der Waals surface area contributed by atoms with Crippen molar-refractivity contribution in [2.45, 2.75) is 19.0 Å². The molecule has 1 fully saturated rings. The molecule has 3 nitrogen and oxygen atoms in total. The van der Waals surface area contributed by atoms with E-state index >= 15 is 0 Å². The van der Waals surface area contributed by atoms with E-state index in [1.165, 1.54) is 5.56 Å². The summed E-state index contributed by atoms with van der Waals surface area (Å²) >= 11 is 0. The van der Waals surface area contributed by atoms with Crippen LogP contribution < -0.4 is 11.1 Å². The van der Waals surface area contributed by atoms with E-state index in [0.717, 1.165) is 5.56 Å². The van der Waals surface area contributed by atoms with E-state index in [4.69, 9.17) is 5.73 Å². The summed E-state index contributed by atoms with van der Waals surface area (Å²) in [6, 6.07) is 8.09. The summed E-state index contributed by atoms with van der Waals surface area (Å²) in [5, 5.41) is 3.03. The van der Waals surface area contributed by atoms with E-state index in [-0.39, 0.29) is 18.0 Å². The summed E-state index contributed by atoms with van der Waals surface area (Å²) in [5.74, 6) is -0.273. The molecule has 0 aliphatic carbocycles. The predicted molar refractivity (Wildman–Crippen MR) is 50.0 cm³/mol. The molecule has 1 heterocycles. The SMILES string of the molecule is Cc1ccc([C@H]2N[C@H]2C(N)=O)cc1. The summed E-state index contributed by atoms with van der Waals surface area (Å²) in [4.78, 5) is 10.8. The Bertz CT molecular complexity index is 331. The van der Waals surface area contributed by atoms with Gasteiger partial charge in [0.15, 0.2) is 0 Å². The second-order valence-corrected chi connectivity index (χ2v) is 3.44. The average Bonchev–Trinajstić information content (AvgIpc) is 2.85. The third kappa shape index (κ3) is 1.55. The third-order valence-electron chi connectivity index (χ3n) is 2.33. The van der Waals surface area contributed by atoms with Crippen molar-refractivity contribution in [1.82, 2.24) is 5.32 Å². The normalized spacial score (nSPS) is 25.6. The maximum Gasteiger partial charge on any atom is 0.236 e. The summed E-state index contributed by atoms with van der Waals surface area (Å²) in [6.45, 7) is 2.04. The first-order valence-corrected chi connectivity index (χ1v) is 4.30. The second-order valence-electron chi connectivity index (χ2n) is 3.44. The molecule has 0 bridgehead atoms. The van der Waals surface area contributed by atoms with Crippen molar-refractivity contribution in [3.63, 3.8) is 0 Å². The molecule has 1 saturated heterocycles. The first-order valence-electron chi connectivity index (χ1n) is 4.30. The fourth-order valence-electron chi connectivity index (χ4n) is 1.45. The molecule has 1 aromatic carbocycles. The highest BCUT2D eigenvalue weighted by Crippen LogP contribution is 2.29. The highest BCUT2D eigenvalue weighted by atomic mass is 16.1. The minimum atomic E-state index is -0.273. The van der Waals surface area contributed by atoms with Gasteiger partial charge in [0.05, 0.1) is 6.04 Å². The molecule has 1 aliphatic rings. The summed E-state index contributed by atoms with van der Waals surface area (Å²) < 4.78 is 0. The molecule has 0 spiro atoms. The lowest BCUT2D eigenvalue weighted by molar-refractivity contribution is -0.117. The molecule has 68 valence electrons. The number of nitrogens with two attached hydrogens (primary N) is 1. The molecule has 2 atom stereocenters. The number of nitrogens with one attached hydrogen (secondary N) is 1. The molecule has 13 heavy (non-hydrogen) atoms. The van der Waals surface area contributed by atoms with Crippen molar-refractivity contribution in [2.24, 2.45) is 5.73 Å². The van der Waals surface area contributed by atoms with Crippen LogP contribution >= 0.6 is 0 Å². The van der Waals surface area contributed by atoms with Gasteiger partial charge in [-0.25, -0.2) is 0 Å². The molecule has 2 rings (SSSR count). The van der Waals surface area contributed by atoms with Crippen LogP contribution in [0.3, 0.4) is 0 Å². The largest absolute Gasteiger partial charge is 0.368 e. The van der Waals surface area contributed by atoms with Crippen LogP contribution in [-0.2, 0) is 4.79 Å². The summed E-state index contributed by atoms with van der Waals surface area (Å²) in [6.07, 6.45) is 0. The Kier molecular flexibility index (Phi) is 1.81. The van der Waals surface area contributed by atoms with Gasteiger partial charge in [0.25, 0.3) is 0 Å². The monoisotopic (exact) mass is 176 g/mol. The fraction of sp³-hybridized carbons (Fsp3) is 0.300. The second kappa shape index (κ2) is 2.85. The number of benzene rings is 1. The van der Waals surface area contributed by atoms with E-state index in [1.54, 1.807) is 0 Å². The molecule has 1 aromatic rings. The number of primary amides is 1. The van der Waals surface area contributed by atoms with Crippen LogP contribution in [-0.4, -0.2) is 11.9 Å². The Labute approximate surface area is 76.9 Å². The maximum atomic E-state index is 10.8. The van der Waals surface area contributed by atoms with Crippen LogP contribution in [0.1, 0.15) is 17.2 Å². The molecule has 3 N–H and O–H groups in total. The predicted octanol–water partition coefficient (Wildman–Crippen LogP) is 0.493. The van der Waals surface area contributed by atoms with Gasteiger partial charge in [-0.1, -0.05) is 29.8 Å². The van der Waals surface area contributed by atoms with Crippen molar-refractivity contribution in [1.29, 1.82) is 0 Å². The lowest BCUT2D eigenvalue weighted by Crippen LogP contribution is -2.20. The number of amides is 1. The van der Waals surface area contributed by atoms with Crippen molar-refractivity contribution >= 4 is 5.91 Å². The van der Waals surface area contributed by atoms with E-state index < -0.39 is 0 Å². The summed E-state index contributed by atoms with van der Waals surface area (Å²) in [5.41, 5.74) is 7.51. The van der Waals surface area contributed by atoms with Crippen LogP contribution in [0.2, 0.25) is 0 Å². The van der Waals surface area contributed by atoms with Crippen LogP contribution in [0.4, 0.5) is 0 Å². The van der Waals surface area contributed by atoms with Gasteiger partial charge >= 0.3 is 0 Å². The Morgan fingerprint density at radius 1 is 1.38 bits per heavy atom. The lowest BCUT2D eigenvalue weighted by atomic mass is 10.1. The average molecular weight is 176 g/mol. The van der Waals surface area contributed by atoms with Crippen molar-refractivity contribution in [3.8, 4) is 0 Å².